The molecule has 0 bridgehead atoms. The van der Waals surface area contributed by atoms with Gasteiger partial charge in [-0.2, -0.15) is 0 Å². The molecule has 1 aromatic rings. The number of rotatable bonds is 3. The van der Waals surface area contributed by atoms with Crippen LogP contribution in [0.25, 0.3) is 0 Å². The molecule has 3 rings (SSSR count). The Morgan fingerprint density at radius 2 is 2.05 bits per heavy atom. The number of pyridine rings is 1. The first-order valence-corrected chi connectivity index (χ1v) is 8.24. The van der Waals surface area contributed by atoms with Gasteiger partial charge in [0.05, 0.1) is 11.9 Å². The van der Waals surface area contributed by atoms with E-state index in [-0.39, 0.29) is 5.91 Å². The lowest BCUT2D eigenvalue weighted by Crippen LogP contribution is -2.39. The Morgan fingerprint density at radius 1 is 1.24 bits per heavy atom. The summed E-state index contributed by atoms with van der Waals surface area (Å²) in [6, 6.07) is 4.43. The summed E-state index contributed by atoms with van der Waals surface area (Å²) < 4.78 is 0. The molecule has 2 aliphatic rings. The van der Waals surface area contributed by atoms with Gasteiger partial charge >= 0.3 is 0 Å². The summed E-state index contributed by atoms with van der Waals surface area (Å²) in [7, 11) is 0. The average molecular weight is 287 g/mol. The molecule has 21 heavy (non-hydrogen) atoms. The highest BCUT2D eigenvalue weighted by Crippen LogP contribution is 2.22. The zero-order valence-corrected chi connectivity index (χ0v) is 12.8. The third-order valence-electron chi connectivity index (χ3n) is 4.65. The van der Waals surface area contributed by atoms with Crippen LogP contribution in [0.5, 0.6) is 0 Å². The molecule has 0 radical (unpaired) electrons. The van der Waals surface area contributed by atoms with Crippen molar-refractivity contribution < 1.29 is 4.79 Å². The van der Waals surface area contributed by atoms with E-state index in [0.717, 1.165) is 25.2 Å². The van der Waals surface area contributed by atoms with Crippen LogP contribution in [-0.4, -0.2) is 34.9 Å². The zero-order valence-electron chi connectivity index (χ0n) is 12.8. The van der Waals surface area contributed by atoms with Crippen LogP contribution in [0.3, 0.4) is 0 Å². The number of hydrogen-bond acceptors (Lipinski definition) is 3. The summed E-state index contributed by atoms with van der Waals surface area (Å²) in [5.41, 5.74) is 1.60. The van der Waals surface area contributed by atoms with Crippen LogP contribution in [0.15, 0.2) is 18.3 Å². The zero-order chi connectivity index (χ0) is 14.7. The van der Waals surface area contributed by atoms with Gasteiger partial charge < -0.3 is 10.2 Å². The van der Waals surface area contributed by atoms with E-state index >= 15 is 0 Å². The van der Waals surface area contributed by atoms with Crippen molar-refractivity contribution >= 4 is 11.6 Å². The van der Waals surface area contributed by atoms with Crippen LogP contribution >= 0.6 is 0 Å². The first-order valence-electron chi connectivity index (χ1n) is 8.24. The molecular formula is C17H25N3O. The van der Waals surface area contributed by atoms with Crippen molar-refractivity contribution in [3.8, 4) is 0 Å². The minimum atomic E-state index is 0.0777. The summed E-state index contributed by atoms with van der Waals surface area (Å²) in [5, 5.41) is 3.51. The SMILES string of the molecule is CC1CCCN(C(=O)c2ccc(NC3CCCC3)cn2)C1. The average Bonchev–Trinajstić information content (AvgIpc) is 3.00. The van der Waals surface area contributed by atoms with Crippen molar-refractivity contribution in [3.05, 3.63) is 24.0 Å². The molecule has 1 amide bonds. The molecule has 1 N–H and O–H groups in total. The summed E-state index contributed by atoms with van der Waals surface area (Å²) in [6.07, 6.45) is 9.25. The molecule has 2 heterocycles. The summed E-state index contributed by atoms with van der Waals surface area (Å²) in [4.78, 5) is 18.8. The highest BCUT2D eigenvalue weighted by molar-refractivity contribution is 5.92. The lowest BCUT2D eigenvalue weighted by molar-refractivity contribution is 0.0677. The van der Waals surface area contributed by atoms with Crippen LogP contribution in [0.1, 0.15) is 55.9 Å². The van der Waals surface area contributed by atoms with Gasteiger partial charge in [-0.1, -0.05) is 19.8 Å². The third kappa shape index (κ3) is 3.55. The molecule has 114 valence electrons. The van der Waals surface area contributed by atoms with E-state index in [2.05, 4.69) is 17.2 Å². The molecule has 1 unspecified atom stereocenters. The second-order valence-corrected chi connectivity index (χ2v) is 6.56. The fourth-order valence-electron chi connectivity index (χ4n) is 3.45. The number of piperidine rings is 1. The van der Waals surface area contributed by atoms with Gasteiger partial charge in [-0.15, -0.1) is 0 Å². The number of likely N-dealkylation sites (tertiary alicyclic amines) is 1. The maximum Gasteiger partial charge on any atom is 0.272 e. The van der Waals surface area contributed by atoms with Crippen LogP contribution < -0.4 is 5.32 Å². The number of hydrogen-bond donors (Lipinski definition) is 1. The maximum atomic E-state index is 12.4. The molecular weight excluding hydrogens is 262 g/mol. The lowest BCUT2D eigenvalue weighted by Gasteiger charge is -2.30. The minimum absolute atomic E-state index is 0.0777. The van der Waals surface area contributed by atoms with E-state index in [1.807, 2.05) is 17.0 Å². The topological polar surface area (TPSA) is 45.2 Å². The number of nitrogens with one attached hydrogen (secondary N) is 1. The molecule has 0 spiro atoms. The van der Waals surface area contributed by atoms with Crippen molar-refractivity contribution in [3.63, 3.8) is 0 Å². The van der Waals surface area contributed by atoms with E-state index < -0.39 is 0 Å². The predicted molar refractivity (Wildman–Crippen MR) is 84.4 cm³/mol. The molecule has 1 aliphatic heterocycles. The van der Waals surface area contributed by atoms with Crippen molar-refractivity contribution in [2.45, 2.75) is 51.5 Å². The fraction of sp³-hybridized carbons (Fsp3) is 0.647. The number of aromatic nitrogens is 1. The quantitative estimate of drug-likeness (QED) is 0.927. The first-order chi connectivity index (χ1) is 10.2. The van der Waals surface area contributed by atoms with Gasteiger partial charge in [0, 0.05) is 19.1 Å². The summed E-state index contributed by atoms with van der Waals surface area (Å²) in [5.74, 6) is 0.681. The van der Waals surface area contributed by atoms with E-state index in [1.165, 1.54) is 32.1 Å². The Kier molecular flexibility index (Phi) is 4.42. The van der Waals surface area contributed by atoms with Gasteiger partial charge in [-0.05, 0) is 43.7 Å². The van der Waals surface area contributed by atoms with Gasteiger partial charge in [0.1, 0.15) is 5.69 Å². The Balaban J connectivity index is 1.61. The molecule has 2 fully saturated rings. The van der Waals surface area contributed by atoms with Crippen molar-refractivity contribution in [1.82, 2.24) is 9.88 Å². The molecule has 1 saturated heterocycles. The Bertz CT molecular complexity index is 479. The van der Waals surface area contributed by atoms with E-state index in [9.17, 15) is 4.79 Å². The summed E-state index contributed by atoms with van der Waals surface area (Å²) in [6.45, 7) is 3.94. The van der Waals surface area contributed by atoms with Gasteiger partial charge in [-0.3, -0.25) is 4.79 Å². The van der Waals surface area contributed by atoms with Crippen molar-refractivity contribution in [1.29, 1.82) is 0 Å². The molecule has 4 nitrogen and oxygen atoms in total. The highest BCUT2D eigenvalue weighted by atomic mass is 16.2. The molecule has 1 atom stereocenters. The van der Waals surface area contributed by atoms with Crippen LogP contribution in [0.4, 0.5) is 5.69 Å². The summed E-state index contributed by atoms with van der Waals surface area (Å²) >= 11 is 0. The Morgan fingerprint density at radius 3 is 2.71 bits per heavy atom. The third-order valence-corrected chi connectivity index (χ3v) is 4.65. The van der Waals surface area contributed by atoms with Crippen LogP contribution in [-0.2, 0) is 0 Å². The smallest absolute Gasteiger partial charge is 0.272 e. The number of carbonyl (C=O) groups excluding carboxylic acids is 1. The highest BCUT2D eigenvalue weighted by Gasteiger charge is 2.23. The molecule has 1 aromatic heterocycles. The van der Waals surface area contributed by atoms with E-state index in [0.29, 0.717) is 17.7 Å². The van der Waals surface area contributed by atoms with Crippen LogP contribution in [0.2, 0.25) is 0 Å². The Labute approximate surface area is 126 Å². The molecule has 1 aliphatic carbocycles. The first kappa shape index (κ1) is 14.4. The van der Waals surface area contributed by atoms with E-state index in [1.54, 1.807) is 6.20 Å². The largest absolute Gasteiger partial charge is 0.381 e. The number of anilines is 1. The second-order valence-electron chi connectivity index (χ2n) is 6.56. The van der Waals surface area contributed by atoms with Crippen molar-refractivity contribution in [2.24, 2.45) is 5.92 Å². The molecule has 1 saturated carbocycles. The van der Waals surface area contributed by atoms with Gasteiger partial charge in [-0.25, -0.2) is 4.98 Å². The van der Waals surface area contributed by atoms with Gasteiger partial charge in [0.25, 0.3) is 5.91 Å². The number of carbonyl (C=O) groups is 1. The molecule has 4 heteroatoms. The number of amides is 1. The molecule has 0 aromatic carbocycles. The van der Waals surface area contributed by atoms with Crippen molar-refractivity contribution in [2.75, 3.05) is 18.4 Å². The standard InChI is InChI=1S/C17H25N3O/c1-13-5-4-10-20(12-13)17(21)16-9-8-15(11-18-16)19-14-6-2-3-7-14/h8-9,11,13-14,19H,2-7,10,12H2,1H3. The lowest BCUT2D eigenvalue weighted by atomic mass is 10.00. The maximum absolute atomic E-state index is 12.4. The monoisotopic (exact) mass is 287 g/mol. The normalized spacial score (nSPS) is 23.3. The fourth-order valence-corrected chi connectivity index (χ4v) is 3.45. The van der Waals surface area contributed by atoms with Crippen LogP contribution in [0, 0.1) is 5.92 Å². The Hall–Kier alpha value is -1.58. The van der Waals surface area contributed by atoms with E-state index in [4.69, 9.17) is 0 Å². The minimum Gasteiger partial charge on any atom is -0.381 e. The van der Waals surface area contributed by atoms with Gasteiger partial charge in [0.2, 0.25) is 0 Å². The number of nitrogens with zero attached hydrogens (tertiary/aromatic N) is 2. The van der Waals surface area contributed by atoms with Gasteiger partial charge in [0.15, 0.2) is 0 Å². The second kappa shape index (κ2) is 6.46. The predicted octanol–water partition coefficient (Wildman–Crippen LogP) is 3.31.